The van der Waals surface area contributed by atoms with Crippen LogP contribution in [0.15, 0.2) is 48.8 Å². The minimum Gasteiger partial charge on any atom is -0.494 e. The summed E-state index contributed by atoms with van der Waals surface area (Å²) < 4.78 is 5.62. The van der Waals surface area contributed by atoms with Crippen LogP contribution in [0.2, 0.25) is 0 Å². The van der Waals surface area contributed by atoms with Crippen molar-refractivity contribution in [1.29, 1.82) is 0 Å². The summed E-state index contributed by atoms with van der Waals surface area (Å²) in [4.78, 5) is 18.4. The first-order valence-electron chi connectivity index (χ1n) is 9.90. The SMILES string of the molecule is CCCOc1ccc(CCNC2CCN(C(=O)c3cccnc3)CC2)cc1. The van der Waals surface area contributed by atoms with Gasteiger partial charge in [-0.05, 0) is 62.1 Å². The molecule has 2 aromatic rings. The Morgan fingerprint density at radius 3 is 2.67 bits per heavy atom. The second-order valence-corrected chi connectivity index (χ2v) is 7.00. The third-order valence-corrected chi connectivity index (χ3v) is 4.93. The number of nitrogens with one attached hydrogen (secondary N) is 1. The molecular formula is C22H29N3O2. The van der Waals surface area contributed by atoms with Gasteiger partial charge in [-0.1, -0.05) is 19.1 Å². The maximum atomic E-state index is 12.5. The lowest BCUT2D eigenvalue weighted by Crippen LogP contribution is -2.45. The van der Waals surface area contributed by atoms with Crippen LogP contribution in [0.25, 0.3) is 0 Å². The predicted molar refractivity (Wildman–Crippen MR) is 107 cm³/mol. The van der Waals surface area contributed by atoms with Gasteiger partial charge in [0.1, 0.15) is 5.75 Å². The lowest BCUT2D eigenvalue weighted by Gasteiger charge is -2.32. The Hall–Kier alpha value is -2.40. The van der Waals surface area contributed by atoms with E-state index in [2.05, 4.69) is 29.4 Å². The number of ether oxygens (including phenoxy) is 1. The molecule has 5 heteroatoms. The second kappa shape index (κ2) is 10.1. The average molecular weight is 367 g/mol. The highest BCUT2D eigenvalue weighted by atomic mass is 16.5. The predicted octanol–water partition coefficient (Wildman–Crippen LogP) is 3.31. The van der Waals surface area contributed by atoms with E-state index >= 15 is 0 Å². The van der Waals surface area contributed by atoms with E-state index in [9.17, 15) is 4.79 Å². The first kappa shape index (κ1) is 19.4. The van der Waals surface area contributed by atoms with E-state index in [4.69, 9.17) is 4.74 Å². The van der Waals surface area contributed by atoms with Gasteiger partial charge in [0.25, 0.3) is 5.91 Å². The number of carbonyl (C=O) groups excluding carboxylic acids is 1. The van der Waals surface area contributed by atoms with E-state index in [0.717, 1.165) is 57.7 Å². The number of likely N-dealkylation sites (tertiary alicyclic amines) is 1. The molecule has 0 radical (unpaired) electrons. The van der Waals surface area contributed by atoms with Crippen molar-refractivity contribution < 1.29 is 9.53 Å². The highest BCUT2D eigenvalue weighted by molar-refractivity contribution is 5.93. The van der Waals surface area contributed by atoms with Crippen molar-refractivity contribution in [2.75, 3.05) is 26.2 Å². The number of nitrogens with zero attached hydrogens (tertiary/aromatic N) is 2. The Morgan fingerprint density at radius 1 is 1.22 bits per heavy atom. The fourth-order valence-electron chi connectivity index (χ4n) is 3.35. The van der Waals surface area contributed by atoms with Crippen LogP contribution < -0.4 is 10.1 Å². The number of pyridine rings is 1. The highest BCUT2D eigenvalue weighted by Gasteiger charge is 2.23. The Morgan fingerprint density at radius 2 is 2.00 bits per heavy atom. The van der Waals surface area contributed by atoms with Gasteiger partial charge in [-0.2, -0.15) is 0 Å². The lowest BCUT2D eigenvalue weighted by molar-refractivity contribution is 0.0705. The van der Waals surface area contributed by atoms with E-state index in [1.807, 2.05) is 29.2 Å². The summed E-state index contributed by atoms with van der Waals surface area (Å²) in [6, 6.07) is 12.5. The summed E-state index contributed by atoms with van der Waals surface area (Å²) >= 11 is 0. The molecule has 1 aromatic carbocycles. The third-order valence-electron chi connectivity index (χ3n) is 4.93. The van der Waals surface area contributed by atoms with E-state index in [0.29, 0.717) is 11.6 Å². The Kier molecular flexibility index (Phi) is 7.22. The van der Waals surface area contributed by atoms with Crippen LogP contribution in [0.5, 0.6) is 5.75 Å². The molecule has 1 aromatic heterocycles. The zero-order chi connectivity index (χ0) is 18.9. The number of rotatable bonds is 8. The fraction of sp³-hybridized carbons (Fsp3) is 0.455. The molecule has 1 fully saturated rings. The van der Waals surface area contributed by atoms with Crippen LogP contribution in [0.4, 0.5) is 0 Å². The summed E-state index contributed by atoms with van der Waals surface area (Å²) in [5.41, 5.74) is 1.99. The molecule has 144 valence electrons. The maximum absolute atomic E-state index is 12.5. The summed E-state index contributed by atoms with van der Waals surface area (Å²) in [7, 11) is 0. The van der Waals surface area contributed by atoms with Gasteiger partial charge in [-0.15, -0.1) is 0 Å². The number of amides is 1. The van der Waals surface area contributed by atoms with Gasteiger partial charge < -0.3 is 15.0 Å². The number of hydrogen-bond donors (Lipinski definition) is 1. The van der Waals surface area contributed by atoms with Crippen LogP contribution in [0.3, 0.4) is 0 Å². The lowest BCUT2D eigenvalue weighted by atomic mass is 10.0. The van der Waals surface area contributed by atoms with Gasteiger partial charge in [0.2, 0.25) is 0 Å². The normalized spacial score (nSPS) is 14.9. The molecule has 3 rings (SSSR count). The molecule has 0 saturated carbocycles. The Balaban J connectivity index is 1.36. The van der Waals surface area contributed by atoms with Crippen LogP contribution in [-0.4, -0.2) is 48.1 Å². The van der Waals surface area contributed by atoms with Gasteiger partial charge in [0.05, 0.1) is 12.2 Å². The number of benzene rings is 1. The van der Waals surface area contributed by atoms with Crippen LogP contribution in [0, 0.1) is 0 Å². The van der Waals surface area contributed by atoms with Crippen molar-refractivity contribution in [2.45, 2.75) is 38.6 Å². The standard InChI is InChI=1S/C22H29N3O2/c1-2-16-27-21-7-5-18(6-8-21)9-13-24-20-10-14-25(15-11-20)22(26)19-4-3-12-23-17-19/h3-8,12,17,20,24H,2,9-11,13-16H2,1H3. The van der Waals surface area contributed by atoms with Crippen molar-refractivity contribution in [3.8, 4) is 5.75 Å². The topological polar surface area (TPSA) is 54.5 Å². The van der Waals surface area contributed by atoms with Crippen molar-refractivity contribution in [3.63, 3.8) is 0 Å². The van der Waals surface area contributed by atoms with Crippen molar-refractivity contribution in [2.24, 2.45) is 0 Å². The summed E-state index contributed by atoms with van der Waals surface area (Å²) in [6.45, 7) is 5.43. The number of piperidine rings is 1. The smallest absolute Gasteiger partial charge is 0.255 e. The average Bonchev–Trinajstić information content (AvgIpc) is 2.74. The van der Waals surface area contributed by atoms with Gasteiger partial charge in [-0.3, -0.25) is 9.78 Å². The Labute approximate surface area is 161 Å². The van der Waals surface area contributed by atoms with E-state index in [1.165, 1.54) is 5.56 Å². The maximum Gasteiger partial charge on any atom is 0.255 e. The molecule has 5 nitrogen and oxygen atoms in total. The number of aromatic nitrogens is 1. The quantitative estimate of drug-likeness (QED) is 0.778. The monoisotopic (exact) mass is 367 g/mol. The molecule has 0 unspecified atom stereocenters. The largest absolute Gasteiger partial charge is 0.494 e. The molecule has 0 aliphatic carbocycles. The first-order chi connectivity index (χ1) is 13.3. The van der Waals surface area contributed by atoms with Crippen molar-refractivity contribution >= 4 is 5.91 Å². The van der Waals surface area contributed by atoms with Crippen LogP contribution >= 0.6 is 0 Å². The molecule has 0 spiro atoms. The zero-order valence-corrected chi connectivity index (χ0v) is 16.1. The van der Waals surface area contributed by atoms with E-state index in [1.54, 1.807) is 12.4 Å². The number of hydrogen-bond acceptors (Lipinski definition) is 4. The minimum absolute atomic E-state index is 0.0898. The van der Waals surface area contributed by atoms with Crippen LogP contribution in [0.1, 0.15) is 42.1 Å². The van der Waals surface area contributed by atoms with Gasteiger partial charge in [0.15, 0.2) is 0 Å². The first-order valence-corrected chi connectivity index (χ1v) is 9.90. The highest BCUT2D eigenvalue weighted by Crippen LogP contribution is 2.15. The summed E-state index contributed by atoms with van der Waals surface area (Å²) in [5.74, 6) is 1.03. The van der Waals surface area contributed by atoms with Crippen LogP contribution in [-0.2, 0) is 6.42 Å². The summed E-state index contributed by atoms with van der Waals surface area (Å²) in [5, 5.41) is 3.64. The molecule has 0 bridgehead atoms. The van der Waals surface area contributed by atoms with Gasteiger partial charge in [-0.25, -0.2) is 0 Å². The molecule has 2 heterocycles. The summed E-state index contributed by atoms with van der Waals surface area (Å²) in [6.07, 6.45) is 7.36. The molecule has 27 heavy (non-hydrogen) atoms. The number of carbonyl (C=O) groups is 1. The second-order valence-electron chi connectivity index (χ2n) is 7.00. The zero-order valence-electron chi connectivity index (χ0n) is 16.1. The molecule has 1 aliphatic heterocycles. The fourth-order valence-corrected chi connectivity index (χ4v) is 3.35. The van der Waals surface area contributed by atoms with Gasteiger partial charge in [0, 0.05) is 31.5 Å². The molecule has 1 aliphatic rings. The third kappa shape index (κ3) is 5.79. The molecule has 1 amide bonds. The molecule has 0 atom stereocenters. The molecule has 1 saturated heterocycles. The minimum atomic E-state index is 0.0898. The van der Waals surface area contributed by atoms with Crippen molar-refractivity contribution in [1.82, 2.24) is 15.2 Å². The molecular weight excluding hydrogens is 338 g/mol. The van der Waals surface area contributed by atoms with E-state index in [-0.39, 0.29) is 5.91 Å². The molecule has 1 N–H and O–H groups in total. The van der Waals surface area contributed by atoms with Gasteiger partial charge >= 0.3 is 0 Å². The van der Waals surface area contributed by atoms with Crippen molar-refractivity contribution in [3.05, 3.63) is 59.9 Å². The van der Waals surface area contributed by atoms with E-state index < -0.39 is 0 Å². The Bertz CT molecular complexity index is 695.